The first-order valence-corrected chi connectivity index (χ1v) is 15.2. The first-order chi connectivity index (χ1) is 18.9. The molecule has 0 radical (unpaired) electrons. The van der Waals surface area contributed by atoms with Gasteiger partial charge in [-0.3, -0.25) is 10.1 Å². The molecule has 13 heteroatoms. The van der Waals surface area contributed by atoms with Gasteiger partial charge in [0.05, 0.1) is 16.2 Å². The summed E-state index contributed by atoms with van der Waals surface area (Å²) in [6, 6.07) is 9.71. The van der Waals surface area contributed by atoms with Gasteiger partial charge in [0.2, 0.25) is 5.88 Å². The van der Waals surface area contributed by atoms with Crippen molar-refractivity contribution in [3.63, 3.8) is 0 Å². The number of likely N-dealkylation sites (N-methyl/N-ethyl adjacent to an activating group) is 1. The molecule has 0 spiro atoms. The van der Waals surface area contributed by atoms with Gasteiger partial charge in [0.25, 0.3) is 5.91 Å². The van der Waals surface area contributed by atoms with Crippen LogP contribution in [-0.4, -0.2) is 74.8 Å². The first kappa shape index (κ1) is 27.4. The van der Waals surface area contributed by atoms with E-state index in [1.54, 1.807) is 31.4 Å². The van der Waals surface area contributed by atoms with Crippen molar-refractivity contribution in [1.82, 2.24) is 15.3 Å². The topological polar surface area (TPSA) is 141 Å². The molecule has 2 N–H and O–H groups in total. The number of thiazole rings is 1. The highest BCUT2D eigenvalue weighted by atomic mass is 32.2. The maximum atomic E-state index is 13.4. The number of anilines is 1. The van der Waals surface area contributed by atoms with E-state index in [9.17, 15) is 13.2 Å². The van der Waals surface area contributed by atoms with Crippen LogP contribution in [0.4, 0.5) is 5.13 Å². The molecule has 2 heterocycles. The van der Waals surface area contributed by atoms with E-state index in [1.807, 2.05) is 7.05 Å². The van der Waals surface area contributed by atoms with Crippen molar-refractivity contribution in [1.29, 1.82) is 0 Å². The van der Waals surface area contributed by atoms with E-state index in [4.69, 9.17) is 14.3 Å². The van der Waals surface area contributed by atoms with Crippen molar-refractivity contribution in [2.45, 2.75) is 54.5 Å². The van der Waals surface area contributed by atoms with E-state index < -0.39 is 15.7 Å². The first-order valence-electron chi connectivity index (χ1n) is 12.8. The second-order valence-corrected chi connectivity index (χ2v) is 12.7. The Morgan fingerprint density at radius 1 is 1.08 bits per heavy atom. The summed E-state index contributed by atoms with van der Waals surface area (Å²) >= 11 is 1.21. The van der Waals surface area contributed by atoms with Crippen molar-refractivity contribution in [3.05, 3.63) is 42.0 Å². The summed E-state index contributed by atoms with van der Waals surface area (Å²) < 4.78 is 36.3. The number of carbonyl (C=O) groups is 1. The SMILES string of the molecule is CNCCOc1ccc2nc(NC(=O)C(=NO[C@@H]3CC[C@@H](OC)C3)c3ccc(S(=O)(=O)C4CC4)cc3)sc2n1. The zero-order valence-electron chi connectivity index (χ0n) is 21.8. The molecular weight excluding hydrogens is 542 g/mol. The summed E-state index contributed by atoms with van der Waals surface area (Å²) in [5.74, 6) is -0.0549. The molecule has 5 rings (SSSR count). The van der Waals surface area contributed by atoms with E-state index >= 15 is 0 Å². The third-order valence-electron chi connectivity index (χ3n) is 6.65. The van der Waals surface area contributed by atoms with Crippen LogP contribution < -0.4 is 15.4 Å². The van der Waals surface area contributed by atoms with Crippen molar-refractivity contribution in [2.24, 2.45) is 5.16 Å². The largest absolute Gasteiger partial charge is 0.476 e. The van der Waals surface area contributed by atoms with Gasteiger partial charge in [0.1, 0.15) is 23.1 Å². The fraction of sp³-hybridized carbons (Fsp3) is 0.462. The van der Waals surface area contributed by atoms with Crippen LogP contribution in [-0.2, 0) is 24.2 Å². The molecular formula is C26H31N5O6S2. The highest BCUT2D eigenvalue weighted by Crippen LogP contribution is 2.33. The molecule has 1 aromatic carbocycles. The number of aromatic nitrogens is 2. The van der Waals surface area contributed by atoms with E-state index in [0.29, 0.717) is 59.3 Å². The number of pyridine rings is 1. The number of nitrogens with zero attached hydrogens (tertiary/aromatic N) is 3. The van der Waals surface area contributed by atoms with Crippen LogP contribution in [0.1, 0.15) is 37.7 Å². The minimum absolute atomic E-state index is 0.0227. The normalized spacial score (nSPS) is 19.8. The lowest BCUT2D eigenvalue weighted by molar-refractivity contribution is -0.110. The fourth-order valence-corrected chi connectivity index (χ4v) is 6.77. The smallest absolute Gasteiger partial charge is 0.280 e. The van der Waals surface area contributed by atoms with Gasteiger partial charge in [0.15, 0.2) is 20.7 Å². The quantitative estimate of drug-likeness (QED) is 0.190. The third kappa shape index (κ3) is 6.55. The van der Waals surface area contributed by atoms with E-state index in [1.165, 1.54) is 23.5 Å². The molecule has 208 valence electrons. The number of methoxy groups -OCH3 is 1. The van der Waals surface area contributed by atoms with Crippen LogP contribution in [0.25, 0.3) is 10.3 Å². The molecule has 1 amide bonds. The van der Waals surface area contributed by atoms with Gasteiger partial charge in [-0.15, -0.1) is 0 Å². The molecule has 0 aliphatic heterocycles. The number of nitrogens with one attached hydrogen (secondary N) is 2. The standard InChI is InChI=1S/C26H31N5O6S2/c1-27-13-14-36-22-12-11-21-25(29-22)38-26(28-21)30-24(32)23(31-37-18-6-5-17(15-18)35-2)16-3-7-19(8-4-16)39(33,34)20-9-10-20/h3-4,7-8,11-12,17-18,20,27H,5-6,9-10,13-15H2,1-2H3,(H,28,30,32)/t17-,18-/m1/s1. The predicted octanol–water partition coefficient (Wildman–Crippen LogP) is 3.15. The summed E-state index contributed by atoms with van der Waals surface area (Å²) in [6.45, 7) is 1.17. The Morgan fingerprint density at radius 3 is 2.54 bits per heavy atom. The number of rotatable bonds is 12. The zero-order chi connectivity index (χ0) is 27.4. The molecule has 39 heavy (non-hydrogen) atoms. The lowest BCUT2D eigenvalue weighted by atomic mass is 10.1. The molecule has 11 nitrogen and oxygen atoms in total. The molecule has 2 atom stereocenters. The number of sulfone groups is 1. The van der Waals surface area contributed by atoms with Crippen LogP contribution in [0.2, 0.25) is 0 Å². The Kier molecular flexibility index (Phi) is 8.40. The minimum atomic E-state index is -3.35. The number of oxime groups is 1. The third-order valence-corrected chi connectivity index (χ3v) is 9.81. The van der Waals surface area contributed by atoms with Crippen molar-refractivity contribution < 1.29 is 27.5 Å². The molecule has 2 aliphatic rings. The van der Waals surface area contributed by atoms with E-state index in [2.05, 4.69) is 25.8 Å². The van der Waals surface area contributed by atoms with Gasteiger partial charge >= 0.3 is 0 Å². The molecule has 3 aromatic rings. The molecule has 0 unspecified atom stereocenters. The average molecular weight is 574 g/mol. The van der Waals surface area contributed by atoms with Crippen molar-refractivity contribution >= 4 is 48.3 Å². The highest BCUT2D eigenvalue weighted by molar-refractivity contribution is 7.92. The number of carbonyl (C=O) groups excluding carboxylic acids is 1. The average Bonchev–Trinajstić information content (AvgIpc) is 3.58. The van der Waals surface area contributed by atoms with E-state index in [0.717, 1.165) is 12.8 Å². The molecule has 2 saturated carbocycles. The fourth-order valence-electron chi connectivity index (χ4n) is 4.28. The van der Waals surface area contributed by atoms with Crippen molar-refractivity contribution in [3.8, 4) is 5.88 Å². The lowest BCUT2D eigenvalue weighted by Crippen LogP contribution is -2.25. The van der Waals surface area contributed by atoms with Gasteiger partial charge in [0, 0.05) is 31.7 Å². The monoisotopic (exact) mass is 573 g/mol. The summed E-state index contributed by atoms with van der Waals surface area (Å²) in [4.78, 5) is 28.9. The predicted molar refractivity (Wildman–Crippen MR) is 148 cm³/mol. The molecule has 0 bridgehead atoms. The number of hydrogen-bond donors (Lipinski definition) is 2. The molecule has 0 saturated heterocycles. The number of ether oxygens (including phenoxy) is 2. The van der Waals surface area contributed by atoms with Gasteiger partial charge in [-0.1, -0.05) is 28.6 Å². The Morgan fingerprint density at radius 2 is 1.85 bits per heavy atom. The van der Waals surface area contributed by atoms with E-state index in [-0.39, 0.29) is 28.1 Å². The van der Waals surface area contributed by atoms with Gasteiger partial charge in [-0.2, -0.15) is 0 Å². The van der Waals surface area contributed by atoms with Crippen molar-refractivity contribution in [2.75, 3.05) is 32.6 Å². The molecule has 2 aliphatic carbocycles. The van der Waals surface area contributed by atoms with Gasteiger partial charge in [-0.05, 0) is 50.9 Å². The Labute approximate surface area is 230 Å². The summed E-state index contributed by atoms with van der Waals surface area (Å²) in [5.41, 5.74) is 1.08. The Hall–Kier alpha value is -3.13. The number of benzene rings is 1. The van der Waals surface area contributed by atoms with Crippen LogP contribution in [0.15, 0.2) is 46.4 Å². The van der Waals surface area contributed by atoms with Crippen LogP contribution in [0.5, 0.6) is 5.88 Å². The second-order valence-electron chi connectivity index (χ2n) is 9.51. The maximum Gasteiger partial charge on any atom is 0.280 e. The minimum Gasteiger partial charge on any atom is -0.476 e. The summed E-state index contributed by atoms with van der Waals surface area (Å²) in [7, 11) is 0.154. The number of fused-ring (bicyclic) bond motifs is 1. The molecule has 2 fully saturated rings. The van der Waals surface area contributed by atoms with Gasteiger partial charge in [-0.25, -0.2) is 18.4 Å². The summed E-state index contributed by atoms with van der Waals surface area (Å²) in [6.07, 6.45) is 3.56. The second kappa shape index (κ2) is 11.9. The maximum absolute atomic E-state index is 13.4. The number of hydrogen-bond acceptors (Lipinski definition) is 11. The van der Waals surface area contributed by atoms with Crippen LogP contribution in [0, 0.1) is 0 Å². The van der Waals surface area contributed by atoms with Gasteiger partial charge < -0.3 is 19.6 Å². The lowest BCUT2D eigenvalue weighted by Gasteiger charge is -2.12. The Bertz CT molecular complexity index is 1450. The number of amides is 1. The van der Waals surface area contributed by atoms with Crippen LogP contribution in [0.3, 0.4) is 0 Å². The summed E-state index contributed by atoms with van der Waals surface area (Å²) in [5, 5.41) is 10.1. The highest BCUT2D eigenvalue weighted by Gasteiger charge is 2.37. The molecule has 2 aromatic heterocycles. The zero-order valence-corrected chi connectivity index (χ0v) is 23.4. The Balaban J connectivity index is 1.36. The van der Waals surface area contributed by atoms with Crippen LogP contribution >= 0.6 is 11.3 Å².